The zero-order valence-electron chi connectivity index (χ0n) is 8.07. The van der Waals surface area contributed by atoms with Crippen molar-refractivity contribution in [3.05, 3.63) is 30.5 Å². The highest BCUT2D eigenvalue weighted by Crippen LogP contribution is 2.30. The average Bonchev–Trinajstić information content (AvgIpc) is 2.85. The lowest BCUT2D eigenvalue weighted by Crippen LogP contribution is -2.16. The van der Waals surface area contributed by atoms with Gasteiger partial charge < -0.3 is 9.32 Å². The zero-order chi connectivity index (χ0) is 9.38. The topological polar surface area (TPSA) is 16.4 Å². The minimum Gasteiger partial charge on any atom is -0.462 e. The fourth-order valence-corrected chi connectivity index (χ4v) is 2.17. The Labute approximate surface area is 83.1 Å². The van der Waals surface area contributed by atoms with Crippen molar-refractivity contribution in [3.63, 3.8) is 0 Å². The normalized spacial score (nSPS) is 16.7. The van der Waals surface area contributed by atoms with Crippen LogP contribution >= 0.6 is 0 Å². The van der Waals surface area contributed by atoms with Crippen LogP contribution in [0.1, 0.15) is 12.8 Å². The Bertz CT molecular complexity index is 440. The molecule has 3 rings (SSSR count). The largest absolute Gasteiger partial charge is 0.462 e. The summed E-state index contributed by atoms with van der Waals surface area (Å²) in [6.45, 7) is 2.34. The lowest BCUT2D eigenvalue weighted by molar-refractivity contribution is 0.614. The van der Waals surface area contributed by atoms with Gasteiger partial charge in [-0.15, -0.1) is 0 Å². The van der Waals surface area contributed by atoms with E-state index in [1.165, 1.54) is 37.0 Å². The van der Waals surface area contributed by atoms with Crippen molar-refractivity contribution in [2.75, 3.05) is 18.0 Å². The summed E-state index contributed by atoms with van der Waals surface area (Å²) >= 11 is 0. The van der Waals surface area contributed by atoms with Crippen molar-refractivity contribution in [2.45, 2.75) is 12.8 Å². The average molecular weight is 187 g/mol. The summed E-state index contributed by atoms with van der Waals surface area (Å²) in [6, 6.07) is 8.23. The Balaban J connectivity index is 2.11. The molecule has 1 fully saturated rings. The molecular formula is C12H13NO. The highest BCUT2D eigenvalue weighted by atomic mass is 16.3. The van der Waals surface area contributed by atoms with E-state index in [9.17, 15) is 0 Å². The highest BCUT2D eigenvalue weighted by molar-refractivity contribution is 5.91. The van der Waals surface area contributed by atoms with E-state index in [1.807, 2.05) is 18.4 Å². The molecule has 1 saturated heterocycles. The van der Waals surface area contributed by atoms with E-state index in [-0.39, 0.29) is 0 Å². The second kappa shape index (κ2) is 3.05. The Kier molecular flexibility index (Phi) is 1.72. The molecule has 1 aromatic heterocycles. The summed E-state index contributed by atoms with van der Waals surface area (Å²) in [6.07, 6.45) is 4.50. The molecule has 2 nitrogen and oxygen atoms in total. The molecule has 0 bridgehead atoms. The van der Waals surface area contributed by atoms with E-state index in [0.29, 0.717) is 0 Å². The molecule has 0 unspecified atom stereocenters. The number of rotatable bonds is 1. The van der Waals surface area contributed by atoms with Gasteiger partial charge in [0, 0.05) is 18.5 Å². The highest BCUT2D eigenvalue weighted by Gasteiger charge is 2.16. The van der Waals surface area contributed by atoms with Crippen LogP contribution in [0, 0.1) is 0 Å². The number of para-hydroxylation sites is 1. The van der Waals surface area contributed by atoms with Gasteiger partial charge in [-0.05, 0) is 25.0 Å². The van der Waals surface area contributed by atoms with E-state index in [1.54, 1.807) is 0 Å². The molecule has 2 heterocycles. The van der Waals surface area contributed by atoms with Crippen molar-refractivity contribution in [3.8, 4) is 0 Å². The van der Waals surface area contributed by atoms with Crippen LogP contribution in [-0.2, 0) is 0 Å². The minimum absolute atomic E-state index is 0.995. The fourth-order valence-electron chi connectivity index (χ4n) is 2.17. The van der Waals surface area contributed by atoms with Gasteiger partial charge in [-0.3, -0.25) is 0 Å². The van der Waals surface area contributed by atoms with Gasteiger partial charge in [-0.1, -0.05) is 12.1 Å². The van der Waals surface area contributed by atoms with Gasteiger partial charge in [0.25, 0.3) is 0 Å². The molecule has 2 heteroatoms. The van der Waals surface area contributed by atoms with E-state index < -0.39 is 0 Å². The van der Waals surface area contributed by atoms with E-state index >= 15 is 0 Å². The summed E-state index contributed by atoms with van der Waals surface area (Å²) in [5.74, 6) is 0. The molecule has 0 saturated carbocycles. The number of nitrogens with zero attached hydrogens (tertiary/aromatic N) is 1. The van der Waals surface area contributed by atoms with E-state index in [4.69, 9.17) is 4.42 Å². The van der Waals surface area contributed by atoms with E-state index in [2.05, 4.69) is 17.0 Å². The third-order valence-corrected chi connectivity index (χ3v) is 2.91. The molecule has 0 aliphatic carbocycles. The van der Waals surface area contributed by atoms with Crippen LogP contribution in [-0.4, -0.2) is 13.1 Å². The summed E-state index contributed by atoms with van der Waals surface area (Å²) in [5, 5.41) is 1.24. The first kappa shape index (κ1) is 7.92. The maximum atomic E-state index is 5.52. The first-order valence-corrected chi connectivity index (χ1v) is 5.16. The van der Waals surface area contributed by atoms with Gasteiger partial charge >= 0.3 is 0 Å². The molecule has 0 amide bonds. The van der Waals surface area contributed by atoms with Crippen LogP contribution in [0.4, 0.5) is 5.69 Å². The van der Waals surface area contributed by atoms with E-state index in [0.717, 1.165) is 5.58 Å². The van der Waals surface area contributed by atoms with Crippen molar-refractivity contribution in [1.29, 1.82) is 0 Å². The molecule has 2 aromatic rings. The van der Waals surface area contributed by atoms with Crippen molar-refractivity contribution in [1.82, 2.24) is 0 Å². The van der Waals surface area contributed by atoms with Crippen LogP contribution in [0.15, 0.2) is 34.9 Å². The maximum Gasteiger partial charge on any atom is 0.136 e. The number of furan rings is 1. The molecule has 14 heavy (non-hydrogen) atoms. The number of benzene rings is 1. The van der Waals surface area contributed by atoms with Gasteiger partial charge in [0.15, 0.2) is 0 Å². The molecule has 0 radical (unpaired) electrons. The number of fused-ring (bicyclic) bond motifs is 1. The summed E-state index contributed by atoms with van der Waals surface area (Å²) < 4.78 is 5.52. The summed E-state index contributed by atoms with van der Waals surface area (Å²) in [7, 11) is 0. The van der Waals surface area contributed by atoms with Crippen molar-refractivity contribution < 1.29 is 4.42 Å². The van der Waals surface area contributed by atoms with Crippen LogP contribution in [0.25, 0.3) is 11.0 Å². The number of hydrogen-bond acceptors (Lipinski definition) is 2. The predicted molar refractivity (Wildman–Crippen MR) is 57.7 cm³/mol. The van der Waals surface area contributed by atoms with Crippen molar-refractivity contribution >= 4 is 16.7 Å². The third-order valence-electron chi connectivity index (χ3n) is 2.91. The molecule has 1 aromatic carbocycles. The molecule has 0 atom stereocenters. The predicted octanol–water partition coefficient (Wildman–Crippen LogP) is 3.03. The van der Waals surface area contributed by atoms with Gasteiger partial charge in [0.05, 0.1) is 5.69 Å². The first-order valence-electron chi connectivity index (χ1n) is 5.16. The summed E-state index contributed by atoms with van der Waals surface area (Å²) in [4.78, 5) is 2.41. The Hall–Kier alpha value is -1.44. The second-order valence-electron chi connectivity index (χ2n) is 3.81. The molecule has 1 aliphatic heterocycles. The fraction of sp³-hybridized carbons (Fsp3) is 0.333. The Morgan fingerprint density at radius 3 is 2.71 bits per heavy atom. The zero-order valence-corrected chi connectivity index (χ0v) is 8.07. The molecule has 0 N–H and O–H groups in total. The number of anilines is 1. The third kappa shape index (κ3) is 1.10. The number of hydrogen-bond donors (Lipinski definition) is 0. The van der Waals surface area contributed by atoms with Crippen LogP contribution < -0.4 is 4.90 Å². The Morgan fingerprint density at radius 2 is 1.86 bits per heavy atom. The molecule has 72 valence electrons. The van der Waals surface area contributed by atoms with Gasteiger partial charge in [-0.25, -0.2) is 0 Å². The first-order chi connectivity index (χ1) is 6.95. The minimum atomic E-state index is 0.995. The van der Waals surface area contributed by atoms with Crippen molar-refractivity contribution in [2.24, 2.45) is 0 Å². The molecule has 0 spiro atoms. The standard InChI is InChI=1S/C12H13NO/c1-2-6-12-10(5-1)11(9-14-12)13-7-3-4-8-13/h1-2,5-6,9H,3-4,7-8H2. The lowest BCUT2D eigenvalue weighted by Gasteiger charge is -2.14. The SMILES string of the molecule is c1ccc2c(N3CCCC3)coc2c1. The smallest absolute Gasteiger partial charge is 0.136 e. The summed E-state index contributed by atoms with van der Waals surface area (Å²) in [5.41, 5.74) is 2.26. The lowest BCUT2D eigenvalue weighted by atomic mass is 10.2. The maximum absolute atomic E-state index is 5.52. The quantitative estimate of drug-likeness (QED) is 0.682. The monoisotopic (exact) mass is 187 g/mol. The van der Waals surface area contributed by atoms with Crippen LogP contribution in [0.5, 0.6) is 0 Å². The van der Waals surface area contributed by atoms with Gasteiger partial charge in [0.2, 0.25) is 0 Å². The van der Waals surface area contributed by atoms with Crippen LogP contribution in [0.2, 0.25) is 0 Å². The van der Waals surface area contributed by atoms with Crippen LogP contribution in [0.3, 0.4) is 0 Å². The molecule has 1 aliphatic rings. The second-order valence-corrected chi connectivity index (χ2v) is 3.81. The molecular weight excluding hydrogens is 174 g/mol. The van der Waals surface area contributed by atoms with Gasteiger partial charge in [0.1, 0.15) is 11.8 Å². The Morgan fingerprint density at radius 1 is 1.07 bits per heavy atom. The van der Waals surface area contributed by atoms with Gasteiger partial charge in [-0.2, -0.15) is 0 Å².